The number of hydrogen-bond donors (Lipinski definition) is 1. The molecule has 0 unspecified atom stereocenters. The second-order valence-corrected chi connectivity index (χ2v) is 20.2. The molecule has 0 radical (unpaired) electrons. The summed E-state index contributed by atoms with van der Waals surface area (Å²) in [4.78, 5) is 31.8. The summed E-state index contributed by atoms with van der Waals surface area (Å²) in [6.45, 7) is 14.8. The normalized spacial score (nSPS) is 17.5. The first-order valence-electron chi connectivity index (χ1n) is 15.6. The molecule has 1 fully saturated rings. The summed E-state index contributed by atoms with van der Waals surface area (Å²) in [6.07, 6.45) is -3.19. The van der Waals surface area contributed by atoms with Gasteiger partial charge in [0, 0.05) is 43.2 Å². The zero-order chi connectivity index (χ0) is 35.7. The second kappa shape index (κ2) is 13.8. The fraction of sp³-hybridized carbons (Fsp3) is 0.485. The quantitative estimate of drug-likeness (QED) is 0.304. The molecule has 1 spiro atoms. The predicted octanol–water partition coefficient (Wildman–Crippen LogP) is 5.98. The Kier molecular flexibility index (Phi) is 10.7. The van der Waals surface area contributed by atoms with Crippen LogP contribution in [0, 0.1) is 6.92 Å². The van der Waals surface area contributed by atoms with Gasteiger partial charge in [-0.15, -0.1) is 13.2 Å². The van der Waals surface area contributed by atoms with Crippen molar-refractivity contribution < 1.29 is 40.3 Å². The lowest BCUT2D eigenvalue weighted by atomic mass is 9.89. The number of amides is 2. The van der Waals surface area contributed by atoms with Crippen LogP contribution < -0.4 is 15.0 Å². The summed E-state index contributed by atoms with van der Waals surface area (Å²) in [6, 6.07) is 10.5. The van der Waals surface area contributed by atoms with Crippen LogP contribution in [0.5, 0.6) is 5.75 Å². The highest BCUT2D eigenvalue weighted by Gasteiger charge is 2.47. The molecule has 0 aromatic heterocycles. The van der Waals surface area contributed by atoms with Gasteiger partial charge in [-0.1, -0.05) is 45.0 Å². The molecular formula is C33H43F3N4O6SSi. The van der Waals surface area contributed by atoms with Crippen LogP contribution in [-0.2, 0) is 24.0 Å². The maximum atomic E-state index is 13.4. The zero-order valence-electron chi connectivity index (χ0n) is 28.3. The van der Waals surface area contributed by atoms with Gasteiger partial charge in [0.25, 0.3) is 5.91 Å². The Morgan fingerprint density at radius 1 is 1.12 bits per heavy atom. The van der Waals surface area contributed by atoms with Crippen molar-refractivity contribution in [1.82, 2.24) is 9.62 Å². The van der Waals surface area contributed by atoms with Crippen LogP contribution in [-0.4, -0.2) is 76.8 Å². The molecule has 48 heavy (non-hydrogen) atoms. The number of amidine groups is 1. The number of carbonyl (C=O) groups excluding carboxylic acids is 2. The number of alkyl halides is 3. The molecule has 1 saturated heterocycles. The van der Waals surface area contributed by atoms with E-state index in [0.29, 0.717) is 24.4 Å². The molecule has 262 valence electrons. The van der Waals surface area contributed by atoms with Crippen molar-refractivity contribution >= 4 is 47.8 Å². The molecule has 0 saturated carbocycles. The number of rotatable bonds is 10. The third-order valence-corrected chi connectivity index (χ3v) is 15.4. The number of nitrogens with zero attached hydrogens (tertiary/aromatic N) is 3. The molecule has 2 amide bonds. The van der Waals surface area contributed by atoms with Gasteiger partial charge in [0.1, 0.15) is 17.1 Å². The third kappa shape index (κ3) is 8.54. The Bertz CT molecular complexity index is 1710. The van der Waals surface area contributed by atoms with Gasteiger partial charge in [-0.25, -0.2) is 8.42 Å². The highest BCUT2D eigenvalue weighted by molar-refractivity contribution is 7.92. The molecule has 1 N–H and O–H groups in total. The van der Waals surface area contributed by atoms with Gasteiger partial charge < -0.3 is 19.4 Å². The smallest absolute Gasteiger partial charge is 0.415 e. The van der Waals surface area contributed by atoms with Crippen LogP contribution in [0.1, 0.15) is 57.2 Å². The Morgan fingerprint density at radius 2 is 1.77 bits per heavy atom. The van der Waals surface area contributed by atoms with E-state index < -0.39 is 41.9 Å². The van der Waals surface area contributed by atoms with Crippen molar-refractivity contribution in [2.24, 2.45) is 4.99 Å². The topological polar surface area (TPSA) is 118 Å². The molecule has 4 rings (SSSR count). The summed E-state index contributed by atoms with van der Waals surface area (Å²) >= 11 is 0. The van der Waals surface area contributed by atoms with E-state index in [4.69, 9.17) is 4.43 Å². The molecule has 10 nitrogen and oxygen atoms in total. The highest BCUT2D eigenvalue weighted by atomic mass is 32.2. The monoisotopic (exact) mass is 708 g/mol. The Hall–Kier alpha value is -3.53. The molecule has 2 aliphatic heterocycles. The van der Waals surface area contributed by atoms with Gasteiger partial charge in [-0.3, -0.25) is 14.6 Å². The van der Waals surface area contributed by atoms with E-state index in [9.17, 15) is 31.2 Å². The molecule has 0 atom stereocenters. The van der Waals surface area contributed by atoms with Crippen LogP contribution in [0.3, 0.4) is 0 Å². The summed E-state index contributed by atoms with van der Waals surface area (Å²) in [5.74, 6) is -0.942. The molecule has 2 aliphatic rings. The van der Waals surface area contributed by atoms with Gasteiger partial charge in [-0.05, 0) is 73.3 Å². The number of halogens is 3. The summed E-state index contributed by atoms with van der Waals surface area (Å²) < 4.78 is 76.3. The Labute approximate surface area is 281 Å². The number of piperidine rings is 1. The van der Waals surface area contributed by atoms with Gasteiger partial charge in [-0.2, -0.15) is 4.31 Å². The summed E-state index contributed by atoms with van der Waals surface area (Å²) in [5, 5.41) is 3.78. The van der Waals surface area contributed by atoms with Gasteiger partial charge in [0.15, 0.2) is 8.32 Å². The number of hydrogen-bond acceptors (Lipinski definition) is 7. The minimum Gasteiger partial charge on any atom is -0.415 e. The molecule has 2 aromatic rings. The van der Waals surface area contributed by atoms with Crippen molar-refractivity contribution in [1.29, 1.82) is 0 Å². The molecule has 2 heterocycles. The van der Waals surface area contributed by atoms with Crippen molar-refractivity contribution in [3.05, 3.63) is 64.6 Å². The van der Waals surface area contributed by atoms with Crippen LogP contribution in [0.4, 0.5) is 18.9 Å². The Morgan fingerprint density at radius 3 is 2.38 bits per heavy atom. The lowest BCUT2D eigenvalue weighted by Gasteiger charge is -2.37. The SMILES string of the molecule is CC(=O)N(CCO[Si](C)(C)C(C)(C)C)c1cccc(/C=C/S(=O)(=O)N2CCC3(CC2)N=C(c2cccc(OC(F)(F)F)c2)NC3=O)c1C. The van der Waals surface area contributed by atoms with Crippen LogP contribution in [0.15, 0.2) is 52.9 Å². The average molecular weight is 709 g/mol. The highest BCUT2D eigenvalue weighted by Crippen LogP contribution is 2.37. The largest absolute Gasteiger partial charge is 0.573 e. The van der Waals surface area contributed by atoms with Crippen LogP contribution in [0.2, 0.25) is 18.1 Å². The molecule has 0 bridgehead atoms. The van der Waals surface area contributed by atoms with E-state index in [1.807, 2.05) is 13.0 Å². The molecule has 2 aromatic carbocycles. The number of ether oxygens (including phenoxy) is 1. The van der Waals surface area contributed by atoms with E-state index in [1.54, 1.807) is 17.0 Å². The van der Waals surface area contributed by atoms with E-state index >= 15 is 0 Å². The van der Waals surface area contributed by atoms with Crippen molar-refractivity contribution in [2.45, 2.75) is 77.5 Å². The van der Waals surface area contributed by atoms with Crippen molar-refractivity contribution in [3.63, 3.8) is 0 Å². The van der Waals surface area contributed by atoms with E-state index in [2.05, 4.69) is 48.9 Å². The maximum absolute atomic E-state index is 13.4. The number of carbonyl (C=O) groups is 2. The van der Waals surface area contributed by atoms with Gasteiger partial charge in [0.2, 0.25) is 15.9 Å². The van der Waals surface area contributed by atoms with E-state index in [1.165, 1.54) is 29.4 Å². The maximum Gasteiger partial charge on any atom is 0.573 e. The fourth-order valence-electron chi connectivity index (χ4n) is 5.36. The number of nitrogens with one attached hydrogen (secondary N) is 1. The first kappa shape index (κ1) is 37.3. The van der Waals surface area contributed by atoms with Gasteiger partial charge >= 0.3 is 6.36 Å². The number of sulfonamides is 1. The standard InChI is InChI=1S/C33H43F3N4O6SSi/c1-23-25(10-9-13-28(23)40(24(2)41)19-20-45-48(6,7)31(3,4)5)14-21-47(43,44)39-17-15-32(16-18-39)30(42)37-29(38-32)26-11-8-12-27(22-26)46-33(34,35)36/h8-14,21-22H,15-20H2,1-7H3,(H,37,38,42)/b21-14+. The number of benzene rings is 2. The second-order valence-electron chi connectivity index (χ2n) is 13.5. The lowest BCUT2D eigenvalue weighted by molar-refractivity contribution is -0.274. The van der Waals surface area contributed by atoms with Gasteiger partial charge in [0.05, 0.1) is 6.61 Å². The average Bonchev–Trinajstić information content (AvgIpc) is 3.29. The summed E-state index contributed by atoms with van der Waals surface area (Å²) in [5.41, 5.74) is 1.03. The van der Waals surface area contributed by atoms with Crippen LogP contribution >= 0.6 is 0 Å². The molecular weight excluding hydrogens is 666 g/mol. The van der Waals surface area contributed by atoms with Crippen molar-refractivity contribution in [3.8, 4) is 5.75 Å². The predicted molar refractivity (Wildman–Crippen MR) is 182 cm³/mol. The van der Waals surface area contributed by atoms with Crippen molar-refractivity contribution in [2.75, 3.05) is 31.1 Å². The minimum atomic E-state index is -4.87. The number of anilines is 1. The van der Waals surface area contributed by atoms with E-state index in [-0.39, 0.29) is 48.3 Å². The first-order chi connectivity index (χ1) is 22.1. The molecule has 0 aliphatic carbocycles. The molecule has 15 heteroatoms. The minimum absolute atomic E-state index is 0.0134. The number of aliphatic imine (C=N–C) groups is 1. The summed E-state index contributed by atoms with van der Waals surface area (Å²) in [7, 11) is -5.90. The first-order valence-corrected chi connectivity index (χ1v) is 20.0. The van der Waals surface area contributed by atoms with E-state index in [0.717, 1.165) is 23.1 Å². The zero-order valence-corrected chi connectivity index (χ0v) is 30.1. The lowest BCUT2D eigenvalue weighted by Crippen LogP contribution is -2.50. The van der Waals surface area contributed by atoms with Crippen LogP contribution in [0.25, 0.3) is 6.08 Å². The Balaban J connectivity index is 1.45. The third-order valence-electron chi connectivity index (χ3n) is 9.25. The fourth-order valence-corrected chi connectivity index (χ4v) is 7.58.